The van der Waals surface area contributed by atoms with Crippen molar-refractivity contribution in [1.82, 2.24) is 10.2 Å². The van der Waals surface area contributed by atoms with Gasteiger partial charge in [0.1, 0.15) is 0 Å². The van der Waals surface area contributed by atoms with Crippen LogP contribution in [0.15, 0.2) is 0 Å². The second kappa shape index (κ2) is 3.32. The van der Waals surface area contributed by atoms with Gasteiger partial charge in [0.15, 0.2) is 0 Å². The van der Waals surface area contributed by atoms with E-state index in [4.69, 9.17) is 5.11 Å². The Balaban J connectivity index is 2.42. The fraction of sp³-hybridized carbons (Fsp3) is 1.00. The van der Waals surface area contributed by atoms with E-state index < -0.39 is 0 Å². The van der Waals surface area contributed by atoms with Crippen LogP contribution in [0.5, 0.6) is 0 Å². The molecule has 1 fully saturated rings. The van der Waals surface area contributed by atoms with E-state index in [1.807, 2.05) is 0 Å². The average molecular weight is 144 g/mol. The maximum absolute atomic E-state index is 8.92. The Labute approximate surface area is 62.0 Å². The molecule has 10 heavy (non-hydrogen) atoms. The van der Waals surface area contributed by atoms with Gasteiger partial charge in [0, 0.05) is 31.7 Å². The van der Waals surface area contributed by atoms with Gasteiger partial charge in [-0.2, -0.15) is 0 Å². The highest BCUT2D eigenvalue weighted by Crippen LogP contribution is 2.11. The highest BCUT2D eigenvalue weighted by molar-refractivity contribution is 4.85. The molecule has 1 heterocycles. The van der Waals surface area contributed by atoms with Crippen molar-refractivity contribution >= 4 is 0 Å². The zero-order valence-corrected chi connectivity index (χ0v) is 6.67. The molecule has 0 spiro atoms. The van der Waals surface area contributed by atoms with Crippen LogP contribution in [-0.4, -0.2) is 49.8 Å². The Kier molecular flexibility index (Phi) is 2.65. The van der Waals surface area contributed by atoms with Crippen LogP contribution >= 0.6 is 0 Å². The second-order valence-electron chi connectivity index (χ2n) is 3.13. The molecule has 0 unspecified atom stereocenters. The van der Waals surface area contributed by atoms with Crippen molar-refractivity contribution in [3.63, 3.8) is 0 Å². The molecule has 2 N–H and O–H groups in total. The number of rotatable bonds is 2. The molecule has 0 aromatic carbocycles. The fourth-order valence-electron chi connectivity index (χ4n) is 1.51. The highest BCUT2D eigenvalue weighted by atomic mass is 16.3. The first-order chi connectivity index (χ1) is 4.75. The largest absolute Gasteiger partial charge is 0.396 e. The van der Waals surface area contributed by atoms with E-state index in [1.54, 1.807) is 0 Å². The van der Waals surface area contributed by atoms with Crippen LogP contribution in [0.4, 0.5) is 0 Å². The summed E-state index contributed by atoms with van der Waals surface area (Å²) in [5, 5.41) is 12.2. The van der Waals surface area contributed by atoms with Crippen molar-refractivity contribution in [3.8, 4) is 0 Å². The van der Waals surface area contributed by atoms with Gasteiger partial charge in [0.05, 0.1) is 0 Å². The first-order valence-electron chi connectivity index (χ1n) is 3.73. The minimum absolute atomic E-state index is 0.301. The van der Waals surface area contributed by atoms with Gasteiger partial charge in [-0.3, -0.25) is 0 Å². The third-order valence-corrected chi connectivity index (χ3v) is 2.20. The van der Waals surface area contributed by atoms with E-state index in [2.05, 4.69) is 24.3 Å². The molecule has 60 valence electrons. The summed E-state index contributed by atoms with van der Waals surface area (Å²) in [6.45, 7) is 2.27. The smallest absolute Gasteiger partial charge is 0.0486 e. The summed E-state index contributed by atoms with van der Waals surface area (Å²) in [7, 11) is 4.11. The third kappa shape index (κ3) is 1.48. The van der Waals surface area contributed by atoms with Crippen LogP contribution in [-0.2, 0) is 0 Å². The average Bonchev–Trinajstić information content (AvgIpc) is 2.33. The number of likely N-dealkylation sites (N-methyl/N-ethyl adjacent to an activating group) is 1. The molecule has 3 nitrogen and oxygen atoms in total. The summed E-state index contributed by atoms with van der Waals surface area (Å²) in [5.41, 5.74) is 0. The van der Waals surface area contributed by atoms with Crippen molar-refractivity contribution in [1.29, 1.82) is 0 Å². The molecule has 0 amide bonds. The van der Waals surface area contributed by atoms with E-state index in [-0.39, 0.29) is 0 Å². The zero-order chi connectivity index (χ0) is 7.56. The van der Waals surface area contributed by atoms with E-state index in [9.17, 15) is 0 Å². The number of hydrogen-bond acceptors (Lipinski definition) is 3. The lowest BCUT2D eigenvalue weighted by Gasteiger charge is -2.23. The van der Waals surface area contributed by atoms with Gasteiger partial charge in [0.25, 0.3) is 0 Å². The molecule has 0 aromatic heterocycles. The van der Waals surface area contributed by atoms with E-state index in [0.717, 1.165) is 13.1 Å². The SMILES string of the molecule is CN(C)[C@H]1CNC[C@@H]1CO. The lowest BCUT2D eigenvalue weighted by molar-refractivity contribution is 0.168. The Morgan fingerprint density at radius 3 is 2.60 bits per heavy atom. The van der Waals surface area contributed by atoms with Crippen LogP contribution in [0.1, 0.15) is 0 Å². The van der Waals surface area contributed by atoms with Gasteiger partial charge in [-0.15, -0.1) is 0 Å². The monoisotopic (exact) mass is 144 g/mol. The molecule has 0 aliphatic carbocycles. The molecule has 1 aliphatic heterocycles. The Hall–Kier alpha value is -0.120. The number of hydrogen-bond donors (Lipinski definition) is 2. The minimum atomic E-state index is 0.301. The maximum Gasteiger partial charge on any atom is 0.0486 e. The number of nitrogens with zero attached hydrogens (tertiary/aromatic N) is 1. The first-order valence-corrected chi connectivity index (χ1v) is 3.73. The minimum Gasteiger partial charge on any atom is -0.396 e. The van der Waals surface area contributed by atoms with Crippen LogP contribution in [0.2, 0.25) is 0 Å². The molecule has 0 saturated carbocycles. The number of nitrogens with one attached hydrogen (secondary N) is 1. The molecule has 2 atom stereocenters. The van der Waals surface area contributed by atoms with E-state index in [0.29, 0.717) is 18.6 Å². The molecule has 1 rings (SSSR count). The summed E-state index contributed by atoms with van der Waals surface area (Å²) in [5.74, 6) is 0.426. The van der Waals surface area contributed by atoms with Gasteiger partial charge >= 0.3 is 0 Å². The van der Waals surface area contributed by atoms with Gasteiger partial charge in [-0.1, -0.05) is 0 Å². The highest BCUT2D eigenvalue weighted by Gasteiger charge is 2.27. The van der Waals surface area contributed by atoms with E-state index >= 15 is 0 Å². The van der Waals surface area contributed by atoms with Crippen molar-refractivity contribution in [2.75, 3.05) is 33.8 Å². The Bertz CT molecular complexity index is 106. The van der Waals surface area contributed by atoms with Crippen LogP contribution < -0.4 is 5.32 Å². The van der Waals surface area contributed by atoms with Crippen LogP contribution in [0.25, 0.3) is 0 Å². The Morgan fingerprint density at radius 2 is 2.20 bits per heavy atom. The van der Waals surface area contributed by atoms with Crippen molar-refractivity contribution in [2.24, 2.45) is 5.92 Å². The zero-order valence-electron chi connectivity index (χ0n) is 6.67. The molecule has 1 saturated heterocycles. The topological polar surface area (TPSA) is 35.5 Å². The molecule has 1 aliphatic rings. The molecule has 0 aromatic rings. The Morgan fingerprint density at radius 1 is 1.50 bits per heavy atom. The standard InChI is InChI=1S/C7H16N2O/c1-9(2)7-4-8-3-6(7)5-10/h6-8,10H,3-5H2,1-2H3/t6-,7+/m1/s1. The molecular weight excluding hydrogens is 128 g/mol. The number of aliphatic hydroxyl groups excluding tert-OH is 1. The summed E-state index contributed by atoms with van der Waals surface area (Å²) in [4.78, 5) is 2.17. The maximum atomic E-state index is 8.92. The lowest BCUT2D eigenvalue weighted by atomic mass is 10.0. The predicted octanol–water partition coefficient (Wildman–Crippen LogP) is -0.872. The molecular formula is C7H16N2O. The van der Waals surface area contributed by atoms with Crippen molar-refractivity contribution < 1.29 is 5.11 Å². The van der Waals surface area contributed by atoms with Crippen LogP contribution in [0, 0.1) is 5.92 Å². The summed E-state index contributed by atoms with van der Waals surface area (Å²) in [6.07, 6.45) is 0. The second-order valence-corrected chi connectivity index (χ2v) is 3.13. The van der Waals surface area contributed by atoms with Crippen molar-refractivity contribution in [2.45, 2.75) is 6.04 Å². The molecule has 0 bridgehead atoms. The summed E-state index contributed by atoms with van der Waals surface area (Å²) >= 11 is 0. The van der Waals surface area contributed by atoms with Gasteiger partial charge in [0.2, 0.25) is 0 Å². The van der Waals surface area contributed by atoms with Crippen LogP contribution in [0.3, 0.4) is 0 Å². The van der Waals surface area contributed by atoms with Gasteiger partial charge in [-0.25, -0.2) is 0 Å². The number of aliphatic hydroxyl groups is 1. The summed E-state index contributed by atoms with van der Waals surface area (Å²) < 4.78 is 0. The molecule has 3 heteroatoms. The first kappa shape index (κ1) is 7.98. The van der Waals surface area contributed by atoms with Crippen molar-refractivity contribution in [3.05, 3.63) is 0 Å². The fourth-order valence-corrected chi connectivity index (χ4v) is 1.51. The molecule has 0 radical (unpaired) electrons. The van der Waals surface area contributed by atoms with Gasteiger partial charge in [-0.05, 0) is 14.1 Å². The lowest BCUT2D eigenvalue weighted by Crippen LogP contribution is -2.36. The normalized spacial score (nSPS) is 33.6. The van der Waals surface area contributed by atoms with Gasteiger partial charge < -0.3 is 15.3 Å². The quantitative estimate of drug-likeness (QED) is 0.529. The third-order valence-electron chi connectivity index (χ3n) is 2.20. The predicted molar refractivity (Wildman–Crippen MR) is 40.9 cm³/mol. The van der Waals surface area contributed by atoms with E-state index in [1.165, 1.54) is 0 Å². The summed E-state index contributed by atoms with van der Waals surface area (Å²) in [6, 6.07) is 0.519.